The molecular formula is C15H14N4O. The van der Waals surface area contributed by atoms with Gasteiger partial charge >= 0.3 is 0 Å². The highest BCUT2D eigenvalue weighted by atomic mass is 16.4. The molecule has 3 aromatic rings. The van der Waals surface area contributed by atoms with Crippen molar-refractivity contribution in [1.29, 1.82) is 0 Å². The Morgan fingerprint density at radius 3 is 2.90 bits per heavy atom. The van der Waals surface area contributed by atoms with E-state index in [0.717, 1.165) is 16.6 Å². The van der Waals surface area contributed by atoms with Gasteiger partial charge < -0.3 is 15.5 Å². The van der Waals surface area contributed by atoms with E-state index in [0.29, 0.717) is 12.1 Å². The van der Waals surface area contributed by atoms with Crippen molar-refractivity contribution in [3.05, 3.63) is 66.1 Å². The highest BCUT2D eigenvalue weighted by molar-refractivity contribution is 6.00. The summed E-state index contributed by atoms with van der Waals surface area (Å²) < 4.78 is 2.09. The molecule has 3 N–H and O–H groups in total. The van der Waals surface area contributed by atoms with E-state index >= 15 is 0 Å². The molecule has 0 spiro atoms. The molecular weight excluding hydrogens is 252 g/mol. The molecule has 1 aromatic carbocycles. The molecule has 0 fully saturated rings. The molecule has 0 saturated heterocycles. The van der Waals surface area contributed by atoms with E-state index in [2.05, 4.69) is 14.7 Å². The molecule has 0 aliphatic carbocycles. The van der Waals surface area contributed by atoms with Gasteiger partial charge in [0.2, 0.25) is 0 Å². The second kappa shape index (κ2) is 5.05. The van der Waals surface area contributed by atoms with Crippen LogP contribution < -0.4 is 5.73 Å². The lowest BCUT2D eigenvalue weighted by Crippen LogP contribution is -2.13. The fourth-order valence-electron chi connectivity index (χ4n) is 2.21. The lowest BCUT2D eigenvalue weighted by molar-refractivity contribution is 0.318. The van der Waals surface area contributed by atoms with Crippen LogP contribution in [0.1, 0.15) is 11.3 Å². The number of nitrogens with zero attached hydrogens (tertiary/aromatic N) is 3. The van der Waals surface area contributed by atoms with Crippen LogP contribution in [0.2, 0.25) is 0 Å². The highest BCUT2D eigenvalue weighted by Gasteiger charge is 2.06. The van der Waals surface area contributed by atoms with Crippen LogP contribution in [0, 0.1) is 0 Å². The molecule has 0 radical (unpaired) electrons. The molecule has 0 saturated carbocycles. The Kier molecular flexibility index (Phi) is 3.09. The first-order chi connectivity index (χ1) is 9.78. The van der Waals surface area contributed by atoms with Gasteiger partial charge in [0.25, 0.3) is 0 Å². The van der Waals surface area contributed by atoms with Gasteiger partial charge in [-0.3, -0.25) is 4.98 Å². The predicted octanol–water partition coefficient (Wildman–Crippen LogP) is 2.18. The van der Waals surface area contributed by atoms with E-state index in [9.17, 15) is 0 Å². The summed E-state index contributed by atoms with van der Waals surface area (Å²) in [7, 11) is 0. The fourth-order valence-corrected chi connectivity index (χ4v) is 2.21. The third-order valence-electron chi connectivity index (χ3n) is 3.24. The van der Waals surface area contributed by atoms with Crippen LogP contribution in [0.3, 0.4) is 0 Å². The van der Waals surface area contributed by atoms with Crippen LogP contribution in [0.15, 0.2) is 60.0 Å². The van der Waals surface area contributed by atoms with Gasteiger partial charge in [0.05, 0.1) is 12.2 Å². The number of pyridine rings is 1. The lowest BCUT2D eigenvalue weighted by atomic mass is 10.1. The Morgan fingerprint density at radius 1 is 1.25 bits per heavy atom. The number of oxime groups is 1. The molecule has 2 heterocycles. The fraction of sp³-hybridized carbons (Fsp3) is 0.0667. The maximum Gasteiger partial charge on any atom is 0.170 e. The van der Waals surface area contributed by atoms with Crippen LogP contribution >= 0.6 is 0 Å². The van der Waals surface area contributed by atoms with E-state index in [1.54, 1.807) is 6.20 Å². The quantitative estimate of drug-likeness (QED) is 0.330. The summed E-state index contributed by atoms with van der Waals surface area (Å²) in [6.45, 7) is 0.684. The molecule has 0 aliphatic heterocycles. The zero-order valence-electron chi connectivity index (χ0n) is 10.8. The van der Waals surface area contributed by atoms with Crippen LogP contribution in [-0.2, 0) is 6.54 Å². The van der Waals surface area contributed by atoms with Gasteiger partial charge in [0, 0.05) is 23.5 Å². The Hall–Kier alpha value is -2.82. The minimum absolute atomic E-state index is 0.109. The summed E-state index contributed by atoms with van der Waals surface area (Å²) in [6.07, 6.45) is 3.79. The third-order valence-corrected chi connectivity index (χ3v) is 3.24. The van der Waals surface area contributed by atoms with Crippen molar-refractivity contribution in [2.45, 2.75) is 6.54 Å². The van der Waals surface area contributed by atoms with Gasteiger partial charge in [-0.2, -0.15) is 0 Å². The van der Waals surface area contributed by atoms with Gasteiger partial charge in [-0.15, -0.1) is 0 Å². The van der Waals surface area contributed by atoms with Crippen molar-refractivity contribution in [2.24, 2.45) is 10.9 Å². The molecule has 100 valence electrons. The van der Waals surface area contributed by atoms with Crippen molar-refractivity contribution >= 4 is 16.7 Å². The van der Waals surface area contributed by atoms with E-state index in [4.69, 9.17) is 10.9 Å². The smallest absolute Gasteiger partial charge is 0.170 e. The standard InChI is InChI=1S/C15H14N4O/c16-15(18-20)12-5-4-11-6-8-19(14(11)9-12)10-13-3-1-2-7-17-13/h1-9,20H,10H2,(H2,16,18). The third kappa shape index (κ3) is 2.21. The van der Waals surface area contributed by atoms with Gasteiger partial charge in [0.15, 0.2) is 5.84 Å². The summed E-state index contributed by atoms with van der Waals surface area (Å²) in [4.78, 5) is 4.32. The van der Waals surface area contributed by atoms with Crippen molar-refractivity contribution in [2.75, 3.05) is 0 Å². The Labute approximate surface area is 116 Å². The summed E-state index contributed by atoms with van der Waals surface area (Å²) in [5, 5.41) is 12.9. The molecule has 0 aliphatic rings. The van der Waals surface area contributed by atoms with Gasteiger partial charge in [0.1, 0.15) is 0 Å². The van der Waals surface area contributed by atoms with E-state index in [1.807, 2.05) is 48.7 Å². The van der Waals surface area contributed by atoms with E-state index in [-0.39, 0.29) is 5.84 Å². The van der Waals surface area contributed by atoms with Gasteiger partial charge in [-0.1, -0.05) is 23.4 Å². The number of rotatable bonds is 3. The molecule has 0 bridgehead atoms. The van der Waals surface area contributed by atoms with E-state index in [1.165, 1.54) is 0 Å². The SMILES string of the molecule is N/C(=N/O)c1ccc2ccn(Cc3ccccn3)c2c1. The number of fused-ring (bicyclic) bond motifs is 1. The normalized spacial score (nSPS) is 11.9. The molecule has 5 nitrogen and oxygen atoms in total. The maximum atomic E-state index is 8.76. The maximum absolute atomic E-state index is 8.76. The van der Waals surface area contributed by atoms with Crippen molar-refractivity contribution in [3.8, 4) is 0 Å². The number of aromatic nitrogens is 2. The van der Waals surface area contributed by atoms with Crippen molar-refractivity contribution in [1.82, 2.24) is 9.55 Å². The minimum atomic E-state index is 0.109. The van der Waals surface area contributed by atoms with Gasteiger partial charge in [-0.05, 0) is 29.7 Å². The number of hydrogen-bond acceptors (Lipinski definition) is 3. The monoisotopic (exact) mass is 266 g/mol. The Bertz CT molecular complexity index is 762. The average molecular weight is 266 g/mol. The van der Waals surface area contributed by atoms with Gasteiger partial charge in [-0.25, -0.2) is 0 Å². The number of nitrogens with two attached hydrogens (primary N) is 1. The van der Waals surface area contributed by atoms with E-state index < -0.39 is 0 Å². The summed E-state index contributed by atoms with van der Waals surface area (Å²) in [5.41, 5.74) is 8.34. The topological polar surface area (TPSA) is 76.4 Å². The largest absolute Gasteiger partial charge is 0.409 e. The first-order valence-electron chi connectivity index (χ1n) is 6.24. The number of hydrogen-bond donors (Lipinski definition) is 2. The van der Waals surface area contributed by atoms with Crippen LogP contribution in [0.4, 0.5) is 0 Å². The molecule has 0 amide bonds. The van der Waals surface area contributed by atoms with Crippen molar-refractivity contribution in [3.63, 3.8) is 0 Å². The summed E-state index contributed by atoms with van der Waals surface area (Å²) >= 11 is 0. The van der Waals surface area contributed by atoms with Crippen LogP contribution in [0.5, 0.6) is 0 Å². The Morgan fingerprint density at radius 2 is 2.15 bits per heavy atom. The second-order valence-corrected chi connectivity index (χ2v) is 4.52. The minimum Gasteiger partial charge on any atom is -0.409 e. The molecule has 2 aromatic heterocycles. The average Bonchev–Trinajstić information content (AvgIpc) is 2.90. The molecule has 0 atom stereocenters. The predicted molar refractivity (Wildman–Crippen MR) is 77.8 cm³/mol. The first-order valence-corrected chi connectivity index (χ1v) is 6.24. The van der Waals surface area contributed by atoms with Crippen molar-refractivity contribution < 1.29 is 5.21 Å². The Balaban J connectivity index is 2.03. The molecule has 3 rings (SSSR count). The lowest BCUT2D eigenvalue weighted by Gasteiger charge is -2.06. The molecule has 20 heavy (non-hydrogen) atoms. The number of amidine groups is 1. The zero-order chi connectivity index (χ0) is 13.9. The first kappa shape index (κ1) is 12.2. The highest BCUT2D eigenvalue weighted by Crippen LogP contribution is 2.18. The molecule has 0 unspecified atom stereocenters. The number of benzene rings is 1. The zero-order valence-corrected chi connectivity index (χ0v) is 10.8. The second-order valence-electron chi connectivity index (χ2n) is 4.52. The molecule has 5 heteroatoms. The summed E-state index contributed by atoms with van der Waals surface area (Å²) in [5.74, 6) is 0.109. The van der Waals surface area contributed by atoms with Crippen LogP contribution in [-0.4, -0.2) is 20.6 Å². The van der Waals surface area contributed by atoms with Crippen LogP contribution in [0.25, 0.3) is 10.9 Å². The summed E-state index contributed by atoms with van der Waals surface area (Å²) in [6, 6.07) is 13.6.